The Morgan fingerprint density at radius 3 is 2.42 bits per heavy atom. The molecule has 2 rings (SSSR count). The van der Waals surface area contributed by atoms with Gasteiger partial charge >= 0.3 is 0 Å². The van der Waals surface area contributed by atoms with Crippen molar-refractivity contribution in [2.75, 3.05) is 21.2 Å². The quantitative estimate of drug-likeness (QED) is 0.747. The van der Waals surface area contributed by atoms with Crippen molar-refractivity contribution in [2.45, 2.75) is 17.9 Å². The number of halogens is 1. The number of methoxy groups -OCH3 is 1. The molecule has 0 spiro atoms. The minimum Gasteiger partial charge on any atom is -0.495 e. The average Bonchev–Trinajstić information content (AvgIpc) is 2.61. The Bertz CT molecular complexity index is 913. The Labute approximate surface area is 162 Å². The SMILES string of the molecule is COc1ccc(C(=O)NC(C)c2ccccc2Br)cc1S(=O)(=O)N(C)C. The van der Waals surface area contributed by atoms with Crippen LogP contribution in [0.25, 0.3) is 0 Å². The number of carbonyl (C=O) groups is 1. The Balaban J connectivity index is 2.34. The number of sulfonamides is 1. The third kappa shape index (κ3) is 4.25. The number of amides is 1. The molecule has 0 radical (unpaired) electrons. The first-order valence-corrected chi connectivity index (χ1v) is 10.1. The van der Waals surface area contributed by atoms with Gasteiger partial charge in [0.2, 0.25) is 10.0 Å². The molecule has 0 aromatic heterocycles. The van der Waals surface area contributed by atoms with E-state index in [0.717, 1.165) is 14.3 Å². The lowest BCUT2D eigenvalue weighted by Gasteiger charge is -2.18. The van der Waals surface area contributed by atoms with Crippen molar-refractivity contribution in [1.29, 1.82) is 0 Å². The summed E-state index contributed by atoms with van der Waals surface area (Å²) in [5.41, 5.74) is 1.17. The molecule has 0 heterocycles. The minimum atomic E-state index is -3.74. The molecule has 0 aliphatic heterocycles. The van der Waals surface area contributed by atoms with Gasteiger partial charge in [-0.25, -0.2) is 12.7 Å². The van der Waals surface area contributed by atoms with Gasteiger partial charge in [-0.2, -0.15) is 0 Å². The second-order valence-corrected chi connectivity index (χ2v) is 8.84. The van der Waals surface area contributed by atoms with Gasteiger partial charge in [0.1, 0.15) is 10.6 Å². The molecule has 0 saturated heterocycles. The zero-order chi connectivity index (χ0) is 19.5. The highest BCUT2D eigenvalue weighted by molar-refractivity contribution is 9.10. The molecule has 8 heteroatoms. The number of hydrogen-bond donors (Lipinski definition) is 1. The second-order valence-electron chi connectivity index (χ2n) is 5.87. The van der Waals surface area contributed by atoms with E-state index in [4.69, 9.17) is 4.74 Å². The Morgan fingerprint density at radius 1 is 1.19 bits per heavy atom. The first-order valence-electron chi connectivity index (χ1n) is 7.84. The van der Waals surface area contributed by atoms with E-state index in [9.17, 15) is 13.2 Å². The summed E-state index contributed by atoms with van der Waals surface area (Å²) < 4.78 is 32.1. The van der Waals surface area contributed by atoms with Crippen molar-refractivity contribution in [1.82, 2.24) is 9.62 Å². The smallest absolute Gasteiger partial charge is 0.251 e. The highest BCUT2D eigenvalue weighted by Gasteiger charge is 2.24. The van der Waals surface area contributed by atoms with E-state index in [1.165, 1.54) is 39.4 Å². The summed E-state index contributed by atoms with van der Waals surface area (Å²) in [5.74, 6) is -0.180. The van der Waals surface area contributed by atoms with E-state index in [-0.39, 0.29) is 28.2 Å². The number of nitrogens with zero attached hydrogens (tertiary/aromatic N) is 1. The molecular formula is C18H21BrN2O4S. The lowest BCUT2D eigenvalue weighted by molar-refractivity contribution is 0.0939. The molecule has 1 amide bonds. The third-order valence-electron chi connectivity index (χ3n) is 3.90. The molecule has 2 aromatic rings. The van der Waals surface area contributed by atoms with Crippen LogP contribution in [-0.2, 0) is 10.0 Å². The number of carbonyl (C=O) groups excluding carboxylic acids is 1. The fraction of sp³-hybridized carbons (Fsp3) is 0.278. The van der Waals surface area contributed by atoms with Crippen LogP contribution in [0.5, 0.6) is 5.75 Å². The Kier molecular flexibility index (Phi) is 6.44. The monoisotopic (exact) mass is 440 g/mol. The third-order valence-corrected chi connectivity index (χ3v) is 6.46. The molecule has 0 saturated carbocycles. The topological polar surface area (TPSA) is 75.7 Å². The van der Waals surface area contributed by atoms with Gasteiger partial charge in [0, 0.05) is 24.1 Å². The van der Waals surface area contributed by atoms with Gasteiger partial charge in [-0.15, -0.1) is 0 Å². The van der Waals surface area contributed by atoms with E-state index in [1.807, 2.05) is 31.2 Å². The maximum atomic E-state index is 12.6. The summed E-state index contributed by atoms with van der Waals surface area (Å²) in [7, 11) is 0.500. The molecule has 140 valence electrons. The molecule has 6 nitrogen and oxygen atoms in total. The largest absolute Gasteiger partial charge is 0.495 e. The van der Waals surface area contributed by atoms with Crippen molar-refractivity contribution >= 4 is 31.9 Å². The van der Waals surface area contributed by atoms with Crippen LogP contribution in [0.3, 0.4) is 0 Å². The molecule has 0 bridgehead atoms. The molecule has 1 N–H and O–H groups in total. The van der Waals surface area contributed by atoms with Crippen LogP contribution in [0.15, 0.2) is 51.8 Å². The molecule has 26 heavy (non-hydrogen) atoms. The summed E-state index contributed by atoms with van der Waals surface area (Å²) >= 11 is 3.46. The van der Waals surface area contributed by atoms with Gasteiger partial charge in [-0.05, 0) is 36.8 Å². The standard InChI is InChI=1S/C18H21BrN2O4S/c1-12(14-7-5-6-8-15(14)19)20-18(22)13-9-10-16(25-4)17(11-13)26(23,24)21(2)3/h5-12H,1-4H3,(H,20,22). The van der Waals surface area contributed by atoms with Crippen molar-refractivity contribution in [3.05, 3.63) is 58.1 Å². The lowest BCUT2D eigenvalue weighted by Crippen LogP contribution is -2.28. The summed E-state index contributed by atoms with van der Waals surface area (Å²) in [5, 5.41) is 2.88. The van der Waals surface area contributed by atoms with Crippen LogP contribution >= 0.6 is 15.9 Å². The number of ether oxygens (including phenoxy) is 1. The maximum absolute atomic E-state index is 12.6. The molecule has 1 atom stereocenters. The zero-order valence-corrected chi connectivity index (χ0v) is 17.4. The Hall–Kier alpha value is -1.90. The van der Waals surface area contributed by atoms with Crippen LogP contribution in [-0.4, -0.2) is 39.8 Å². The van der Waals surface area contributed by atoms with Crippen LogP contribution < -0.4 is 10.1 Å². The fourth-order valence-electron chi connectivity index (χ4n) is 2.40. The van der Waals surface area contributed by atoms with E-state index < -0.39 is 10.0 Å². The fourth-order valence-corrected chi connectivity index (χ4v) is 4.10. The van der Waals surface area contributed by atoms with E-state index in [0.29, 0.717) is 0 Å². The first kappa shape index (κ1) is 20.4. The van der Waals surface area contributed by atoms with Crippen LogP contribution in [0, 0.1) is 0 Å². The second kappa shape index (κ2) is 8.20. The number of nitrogens with one attached hydrogen (secondary N) is 1. The Morgan fingerprint density at radius 2 is 1.85 bits per heavy atom. The van der Waals surface area contributed by atoms with Crippen molar-refractivity contribution < 1.29 is 17.9 Å². The maximum Gasteiger partial charge on any atom is 0.251 e. The van der Waals surface area contributed by atoms with Crippen LogP contribution in [0.4, 0.5) is 0 Å². The van der Waals surface area contributed by atoms with Crippen LogP contribution in [0.2, 0.25) is 0 Å². The predicted octanol–water partition coefficient (Wildman–Crippen LogP) is 3.20. The zero-order valence-electron chi connectivity index (χ0n) is 15.0. The van der Waals surface area contributed by atoms with E-state index in [2.05, 4.69) is 21.2 Å². The van der Waals surface area contributed by atoms with Gasteiger partial charge in [0.05, 0.1) is 13.2 Å². The van der Waals surface area contributed by atoms with Gasteiger partial charge < -0.3 is 10.1 Å². The van der Waals surface area contributed by atoms with Crippen molar-refractivity contribution in [3.8, 4) is 5.75 Å². The highest BCUT2D eigenvalue weighted by Crippen LogP contribution is 2.28. The van der Waals surface area contributed by atoms with Gasteiger partial charge in [0.15, 0.2) is 0 Å². The minimum absolute atomic E-state index is 0.0498. The molecule has 0 aliphatic carbocycles. The van der Waals surface area contributed by atoms with Gasteiger partial charge in [-0.1, -0.05) is 34.1 Å². The normalized spacial score (nSPS) is 12.7. The van der Waals surface area contributed by atoms with E-state index in [1.54, 1.807) is 0 Å². The number of rotatable bonds is 6. The first-order chi connectivity index (χ1) is 12.2. The highest BCUT2D eigenvalue weighted by atomic mass is 79.9. The van der Waals surface area contributed by atoms with E-state index >= 15 is 0 Å². The summed E-state index contributed by atoms with van der Waals surface area (Å²) in [4.78, 5) is 12.6. The predicted molar refractivity (Wildman–Crippen MR) is 104 cm³/mol. The van der Waals surface area contributed by atoms with Crippen molar-refractivity contribution in [3.63, 3.8) is 0 Å². The average molecular weight is 441 g/mol. The summed E-state index contributed by atoms with van der Waals surface area (Å²) in [6.07, 6.45) is 0. The summed E-state index contributed by atoms with van der Waals surface area (Å²) in [6, 6.07) is 11.7. The molecule has 0 aliphatic rings. The lowest BCUT2D eigenvalue weighted by atomic mass is 10.1. The van der Waals surface area contributed by atoms with Gasteiger partial charge in [-0.3, -0.25) is 4.79 Å². The van der Waals surface area contributed by atoms with Crippen molar-refractivity contribution in [2.24, 2.45) is 0 Å². The molecule has 2 aromatic carbocycles. The summed E-state index contributed by atoms with van der Waals surface area (Å²) in [6.45, 7) is 1.86. The molecule has 0 fully saturated rings. The van der Waals surface area contributed by atoms with Crippen LogP contribution in [0.1, 0.15) is 28.9 Å². The number of hydrogen-bond acceptors (Lipinski definition) is 4. The molecular weight excluding hydrogens is 420 g/mol. The number of benzene rings is 2. The van der Waals surface area contributed by atoms with Gasteiger partial charge in [0.25, 0.3) is 5.91 Å². The molecule has 1 unspecified atom stereocenters.